The van der Waals surface area contributed by atoms with Gasteiger partial charge in [0.1, 0.15) is 0 Å². The van der Waals surface area contributed by atoms with Crippen molar-refractivity contribution < 1.29 is 26.2 Å². The first kappa shape index (κ1) is 36.8. The van der Waals surface area contributed by atoms with Crippen molar-refractivity contribution in [2.24, 2.45) is 0 Å². The van der Waals surface area contributed by atoms with E-state index < -0.39 is 0 Å². The minimum Gasteiger partial charge on any atom is 0 e. The molecule has 0 unspecified atom stereocenters. The van der Waals surface area contributed by atoms with Gasteiger partial charge in [-0.2, -0.15) is 73.9 Å². The molecule has 4 rings (SSSR count). The third kappa shape index (κ3) is 22.9. The van der Waals surface area contributed by atoms with E-state index in [0.29, 0.717) is 0 Å². The molecule has 31 heavy (non-hydrogen) atoms. The zero-order valence-electron chi connectivity index (χ0n) is 19.2. The first-order valence-electron chi connectivity index (χ1n) is 8.72. The minimum atomic E-state index is 0. The first-order chi connectivity index (χ1) is 13.1. The second kappa shape index (κ2) is 24.7. The first-order valence-corrected chi connectivity index (χ1v) is 10.4. The summed E-state index contributed by atoms with van der Waals surface area (Å²) in [6.07, 6.45) is 8.52. The van der Waals surface area contributed by atoms with E-state index in [-0.39, 0.29) is 48.5 Å². The van der Waals surface area contributed by atoms with Crippen molar-refractivity contribution in [2.75, 3.05) is 0 Å². The van der Waals surface area contributed by atoms with E-state index in [1.54, 1.807) is 0 Å². The van der Waals surface area contributed by atoms with Crippen LogP contribution >= 0.6 is 0 Å². The van der Waals surface area contributed by atoms with E-state index in [1.807, 2.05) is 91.0 Å². The van der Waals surface area contributed by atoms with Gasteiger partial charge < -0.3 is 22.3 Å². The molecule has 0 saturated carbocycles. The van der Waals surface area contributed by atoms with Gasteiger partial charge in [0.2, 0.25) is 0 Å². The Bertz CT molecular complexity index is 687. The Balaban J connectivity index is -0.000000151. The predicted molar refractivity (Wildman–Crippen MR) is 140 cm³/mol. The Hall–Kier alpha value is -1.57. The quantitative estimate of drug-likeness (QED) is 0.187. The van der Waals surface area contributed by atoms with E-state index in [9.17, 15) is 0 Å². The van der Waals surface area contributed by atoms with E-state index in [4.69, 9.17) is 0 Å². The standard InChI is InChI=1S/3C7H7.C5H4.3CH3.Sn.Zr.H/c3*1-7-5-3-2-4-6-7;1-2-4-5-3-1;;;;;;/h3*2-6H,1H2;1-2H,3H2;3*1H3;;;/q7*-1;;;. The molecule has 0 atom stereocenters. The van der Waals surface area contributed by atoms with Crippen molar-refractivity contribution in [1.29, 1.82) is 0 Å². The van der Waals surface area contributed by atoms with Crippen LogP contribution in [0.15, 0.2) is 107 Å². The Labute approximate surface area is 226 Å². The third-order valence-corrected chi connectivity index (χ3v) is 4.38. The summed E-state index contributed by atoms with van der Waals surface area (Å²) in [5.41, 5.74) is 3.22. The smallest absolute Gasteiger partial charge is 0 e. The van der Waals surface area contributed by atoms with Gasteiger partial charge in [0, 0.05) is 26.2 Å². The van der Waals surface area contributed by atoms with Crippen molar-refractivity contribution in [2.45, 2.75) is 6.42 Å². The molecule has 2 heteroatoms. The molecule has 0 bridgehead atoms. The maximum atomic E-state index is 3.72. The molecule has 166 valence electrons. The predicted octanol–water partition coefficient (Wildman–Crippen LogP) is 7.49. The second-order valence-electron chi connectivity index (χ2n) is 5.70. The summed E-state index contributed by atoms with van der Waals surface area (Å²) in [6.45, 7) is 11.2. The van der Waals surface area contributed by atoms with Crippen molar-refractivity contribution in [1.82, 2.24) is 0 Å². The molecule has 1 aliphatic rings. The normalized spacial score (nSPS) is 9.39. The molecule has 0 spiro atoms. The van der Waals surface area contributed by atoms with Crippen molar-refractivity contribution in [3.05, 3.63) is 173 Å². The Morgan fingerprint density at radius 3 is 0.968 bits per heavy atom. The van der Waals surface area contributed by atoms with Crippen LogP contribution in [0.2, 0.25) is 0 Å². The SMILES string of the molecule is [CH2-]c1ccccc1.[CH2-]c1ccccc1.[CH2-]c1ccccc1.[CH3-].[CH3-].[CH3-].[SnH][C]1=[C-]CC=C1.[Zr]. The van der Waals surface area contributed by atoms with E-state index in [0.717, 1.165) is 23.1 Å². The summed E-state index contributed by atoms with van der Waals surface area (Å²) < 4.78 is 1.40. The maximum absolute atomic E-state index is 3.72. The number of hydrogen-bond donors (Lipinski definition) is 0. The fourth-order valence-corrected chi connectivity index (χ4v) is 2.58. The molecule has 3 aromatic carbocycles. The summed E-state index contributed by atoms with van der Waals surface area (Å²) in [5, 5.41) is 0. The van der Waals surface area contributed by atoms with Crippen LogP contribution in [0.25, 0.3) is 0 Å². The summed E-state index contributed by atoms with van der Waals surface area (Å²) in [5.74, 6) is 0. The molecule has 2 radical (unpaired) electrons. The molecule has 3 aromatic rings. The molecular weight excluding hydrogens is 558 g/mol. The van der Waals surface area contributed by atoms with Gasteiger partial charge in [-0.15, -0.1) is 36.4 Å². The van der Waals surface area contributed by atoms with Crippen LogP contribution in [-0.4, -0.2) is 22.5 Å². The minimum absolute atomic E-state index is 0. The molecule has 1 aliphatic carbocycles. The van der Waals surface area contributed by atoms with Gasteiger partial charge in [0.15, 0.2) is 0 Å². The van der Waals surface area contributed by atoms with Crippen LogP contribution < -0.4 is 0 Å². The van der Waals surface area contributed by atoms with Crippen LogP contribution in [0.4, 0.5) is 0 Å². The van der Waals surface area contributed by atoms with E-state index in [2.05, 4.69) is 39.0 Å². The van der Waals surface area contributed by atoms with Crippen molar-refractivity contribution in [3.8, 4) is 0 Å². The fourth-order valence-electron chi connectivity index (χ4n) is 1.86. The van der Waals surface area contributed by atoms with Crippen LogP contribution in [0, 0.1) is 49.1 Å². The molecule has 0 N–H and O–H groups in total. The number of hydrogen-bond acceptors (Lipinski definition) is 0. The summed E-state index contributed by atoms with van der Waals surface area (Å²) in [6, 6.07) is 29.6. The molecule has 0 saturated heterocycles. The molecule has 0 heterocycles. The molecular formula is C29H35SnZr-7. The second-order valence-corrected chi connectivity index (χ2v) is 7.47. The zero-order chi connectivity index (χ0) is 19.7. The van der Waals surface area contributed by atoms with Gasteiger partial charge >= 0.3 is 50.8 Å². The van der Waals surface area contributed by atoms with Gasteiger partial charge in [-0.3, -0.25) is 0 Å². The fraction of sp³-hybridized carbons (Fsp3) is 0.0345. The molecule has 0 aromatic heterocycles. The van der Waals surface area contributed by atoms with Gasteiger partial charge in [-0.25, -0.2) is 0 Å². The molecule has 0 fully saturated rings. The number of rotatable bonds is 0. The number of benzene rings is 3. The maximum Gasteiger partial charge on any atom is 0 e. The Morgan fingerprint density at radius 2 is 0.871 bits per heavy atom. The van der Waals surface area contributed by atoms with E-state index in [1.165, 1.54) is 26.1 Å². The van der Waals surface area contributed by atoms with Gasteiger partial charge in [0.05, 0.1) is 0 Å². The third-order valence-electron chi connectivity index (χ3n) is 3.25. The molecule has 0 nitrogen and oxygen atoms in total. The van der Waals surface area contributed by atoms with Crippen molar-refractivity contribution in [3.63, 3.8) is 0 Å². The van der Waals surface area contributed by atoms with Gasteiger partial charge in [0.25, 0.3) is 0 Å². The molecule has 0 amide bonds. The number of allylic oxidation sites excluding steroid dienone is 4. The average Bonchev–Trinajstić information content (AvgIpc) is 3.16. The van der Waals surface area contributed by atoms with Gasteiger partial charge in [-0.05, 0) is 0 Å². The summed E-state index contributed by atoms with van der Waals surface area (Å²) in [4.78, 5) is 0. The summed E-state index contributed by atoms with van der Waals surface area (Å²) in [7, 11) is 0. The Kier molecular flexibility index (Phi) is 29.3. The largest absolute Gasteiger partial charge is 0 e. The van der Waals surface area contributed by atoms with E-state index >= 15 is 0 Å². The topological polar surface area (TPSA) is 0 Å². The average molecular weight is 594 g/mol. The van der Waals surface area contributed by atoms with Crippen LogP contribution in [-0.2, 0) is 26.2 Å². The van der Waals surface area contributed by atoms with Crippen LogP contribution in [0.5, 0.6) is 0 Å². The van der Waals surface area contributed by atoms with Crippen molar-refractivity contribution >= 4 is 22.5 Å². The van der Waals surface area contributed by atoms with Crippen LogP contribution in [0.3, 0.4) is 0 Å². The van der Waals surface area contributed by atoms with Crippen LogP contribution in [0.1, 0.15) is 23.1 Å². The summed E-state index contributed by atoms with van der Waals surface area (Å²) >= 11 is 1.23. The zero-order valence-corrected chi connectivity index (χ0v) is 25.0. The van der Waals surface area contributed by atoms with Gasteiger partial charge in [-0.1, -0.05) is 18.2 Å². The Morgan fingerprint density at radius 1 is 0.581 bits per heavy atom. The monoisotopic (exact) mass is 593 g/mol. The molecule has 0 aliphatic heterocycles.